The summed E-state index contributed by atoms with van der Waals surface area (Å²) < 4.78 is 68.8. The van der Waals surface area contributed by atoms with Crippen molar-refractivity contribution in [2.24, 2.45) is 0 Å². The largest absolute Gasteiger partial charge is 0.472 e. The predicted molar refractivity (Wildman–Crippen MR) is 414 cm³/mol. The van der Waals surface area contributed by atoms with Crippen LogP contribution in [0.2, 0.25) is 0 Å². The van der Waals surface area contributed by atoms with Crippen molar-refractivity contribution in [1.82, 2.24) is 0 Å². The minimum atomic E-state index is -4.96. The molecular weight excluding hydrogens is 1320 g/mol. The lowest BCUT2D eigenvalue weighted by molar-refractivity contribution is -0.161. The lowest BCUT2D eigenvalue weighted by Crippen LogP contribution is -2.30. The zero-order valence-electron chi connectivity index (χ0n) is 65.9. The summed E-state index contributed by atoms with van der Waals surface area (Å²) in [5.74, 6) is -2.10. The third-order valence-electron chi connectivity index (χ3n) is 19.4. The van der Waals surface area contributed by atoms with Gasteiger partial charge in [-0.2, -0.15) is 0 Å². The molecule has 0 saturated heterocycles. The molecule has 19 heteroatoms. The number of unbranched alkanes of at least 4 members (excludes halogenated alkanes) is 57. The van der Waals surface area contributed by atoms with Gasteiger partial charge in [0, 0.05) is 25.7 Å². The fourth-order valence-corrected chi connectivity index (χ4v) is 14.4. The summed E-state index contributed by atoms with van der Waals surface area (Å²) in [6.07, 6.45) is 69.3. The second kappa shape index (κ2) is 76.3. The second-order valence-electron chi connectivity index (χ2n) is 29.5. The number of phosphoric acid groups is 2. The second-order valence-corrected chi connectivity index (χ2v) is 32.4. The summed E-state index contributed by atoms with van der Waals surface area (Å²) in [6, 6.07) is 0. The first-order valence-electron chi connectivity index (χ1n) is 42.8. The topological polar surface area (TPSA) is 237 Å². The molecule has 0 bridgehead atoms. The van der Waals surface area contributed by atoms with Crippen molar-refractivity contribution < 1.29 is 80.2 Å². The van der Waals surface area contributed by atoms with E-state index in [4.69, 9.17) is 37.0 Å². The smallest absolute Gasteiger partial charge is 0.462 e. The molecule has 0 spiro atoms. The van der Waals surface area contributed by atoms with E-state index in [0.717, 1.165) is 89.9 Å². The molecule has 0 aromatic heterocycles. The van der Waals surface area contributed by atoms with Gasteiger partial charge < -0.3 is 33.8 Å². The highest BCUT2D eigenvalue weighted by Gasteiger charge is 2.30. The monoisotopic (exact) mass is 1480 g/mol. The highest BCUT2D eigenvalue weighted by molar-refractivity contribution is 7.47. The predicted octanol–water partition coefficient (Wildman–Crippen LogP) is 25.0. The molecule has 0 fully saturated rings. The molecule has 0 saturated carbocycles. The van der Waals surface area contributed by atoms with Gasteiger partial charge in [0.2, 0.25) is 0 Å². The van der Waals surface area contributed by atoms with Gasteiger partial charge in [-0.3, -0.25) is 37.3 Å². The first-order chi connectivity index (χ1) is 49.2. The Morgan fingerprint density at radius 1 is 0.238 bits per heavy atom. The Hall–Kier alpha value is -1.94. The summed E-state index contributed by atoms with van der Waals surface area (Å²) in [5.41, 5.74) is 0. The molecule has 0 radical (unpaired) electrons. The summed E-state index contributed by atoms with van der Waals surface area (Å²) in [6.45, 7) is 5.03. The van der Waals surface area contributed by atoms with Crippen molar-refractivity contribution in [3.8, 4) is 0 Å². The van der Waals surface area contributed by atoms with Gasteiger partial charge in [0.1, 0.15) is 19.3 Å². The average Bonchev–Trinajstić information content (AvgIpc) is 1.14. The Morgan fingerprint density at radius 3 is 0.584 bits per heavy atom. The molecule has 17 nitrogen and oxygen atoms in total. The molecule has 0 aliphatic heterocycles. The van der Waals surface area contributed by atoms with E-state index in [1.807, 2.05) is 0 Å². The normalized spacial score (nSPS) is 13.8. The van der Waals surface area contributed by atoms with Crippen LogP contribution in [0.4, 0.5) is 0 Å². The van der Waals surface area contributed by atoms with Crippen LogP contribution in [0.15, 0.2) is 0 Å². The molecule has 0 aliphatic carbocycles. The highest BCUT2D eigenvalue weighted by Crippen LogP contribution is 2.45. The molecule has 0 heterocycles. The number of carbonyl (C=O) groups excluding carboxylic acids is 4. The van der Waals surface area contributed by atoms with Gasteiger partial charge in [0.15, 0.2) is 12.2 Å². The van der Waals surface area contributed by atoms with Crippen LogP contribution in [-0.4, -0.2) is 96.7 Å². The fourth-order valence-electron chi connectivity index (χ4n) is 12.8. The summed E-state index contributed by atoms with van der Waals surface area (Å²) in [5, 5.41) is 10.6. The van der Waals surface area contributed by atoms with Gasteiger partial charge in [-0.1, -0.05) is 394 Å². The zero-order valence-corrected chi connectivity index (χ0v) is 67.7. The standard InChI is InChI=1S/C82H160O17P2/c1-5-9-13-17-21-25-29-32-35-38-40-43-46-49-53-57-61-65-69-82(87)99-78(73-93-80(85)67-63-59-55-51-47-44-42-39-36-33-30-26-22-18-14-10-6-2)75-97-101(90,91)95-71-76(83)70-94-100(88,89)96-74-77(72-92-79(84)66-62-58-54-50-28-24-20-16-12-8-4)98-81(86)68-64-60-56-52-48-45-41-37-34-31-27-23-19-15-11-7-3/h76-78,83H,5-75H2,1-4H3,(H,88,89)(H,90,91)/t76-,77+,78+/m0/s1. The van der Waals surface area contributed by atoms with Crippen molar-refractivity contribution in [3.63, 3.8) is 0 Å². The zero-order chi connectivity index (χ0) is 73.9. The van der Waals surface area contributed by atoms with E-state index in [1.165, 1.54) is 276 Å². The van der Waals surface area contributed by atoms with E-state index in [0.29, 0.717) is 25.7 Å². The Balaban J connectivity index is 5.23. The van der Waals surface area contributed by atoms with E-state index in [-0.39, 0.29) is 25.7 Å². The van der Waals surface area contributed by atoms with Crippen LogP contribution >= 0.6 is 15.6 Å². The van der Waals surface area contributed by atoms with Gasteiger partial charge in [-0.05, 0) is 25.7 Å². The molecule has 600 valence electrons. The van der Waals surface area contributed by atoms with Crippen LogP contribution in [0.25, 0.3) is 0 Å². The number of hydrogen-bond acceptors (Lipinski definition) is 15. The lowest BCUT2D eigenvalue weighted by Gasteiger charge is -2.21. The van der Waals surface area contributed by atoms with E-state index >= 15 is 0 Å². The molecule has 2 unspecified atom stereocenters. The van der Waals surface area contributed by atoms with Crippen LogP contribution in [0.5, 0.6) is 0 Å². The van der Waals surface area contributed by atoms with E-state index in [1.54, 1.807) is 0 Å². The van der Waals surface area contributed by atoms with E-state index in [2.05, 4.69) is 27.7 Å². The molecule has 0 aromatic rings. The van der Waals surface area contributed by atoms with Crippen LogP contribution in [-0.2, 0) is 65.4 Å². The van der Waals surface area contributed by atoms with Crippen molar-refractivity contribution in [1.29, 1.82) is 0 Å². The first kappa shape index (κ1) is 99.1. The molecule has 0 aromatic carbocycles. The van der Waals surface area contributed by atoms with Crippen LogP contribution < -0.4 is 0 Å². The Morgan fingerprint density at radius 2 is 0.396 bits per heavy atom. The number of aliphatic hydroxyl groups excluding tert-OH is 1. The van der Waals surface area contributed by atoms with Crippen LogP contribution in [0, 0.1) is 0 Å². The molecular formula is C82H160O17P2. The molecule has 5 atom stereocenters. The third kappa shape index (κ3) is 76.1. The van der Waals surface area contributed by atoms with Gasteiger partial charge in [-0.15, -0.1) is 0 Å². The first-order valence-corrected chi connectivity index (χ1v) is 45.8. The van der Waals surface area contributed by atoms with Crippen LogP contribution in [0.3, 0.4) is 0 Å². The SMILES string of the molecule is CCCCCCCCCCCCCCCCCCCCC(=O)O[C@H](COC(=O)CCCCCCCCCCCCCCCCCCC)COP(=O)(O)OC[C@@H](O)COP(=O)(O)OC[C@@H](COC(=O)CCCCCCCCCCCC)OC(=O)CCCCCCCCCCCCCCCCCC. The number of ether oxygens (including phenoxy) is 4. The maximum absolute atomic E-state index is 13.1. The minimum Gasteiger partial charge on any atom is -0.462 e. The summed E-state index contributed by atoms with van der Waals surface area (Å²) in [7, 11) is -9.92. The van der Waals surface area contributed by atoms with Gasteiger partial charge >= 0.3 is 39.5 Å². The molecule has 101 heavy (non-hydrogen) atoms. The van der Waals surface area contributed by atoms with Crippen molar-refractivity contribution in [3.05, 3.63) is 0 Å². The van der Waals surface area contributed by atoms with Crippen molar-refractivity contribution in [2.75, 3.05) is 39.6 Å². The number of esters is 4. The van der Waals surface area contributed by atoms with Crippen molar-refractivity contribution >= 4 is 39.5 Å². The van der Waals surface area contributed by atoms with Gasteiger partial charge in [0.25, 0.3) is 0 Å². The number of aliphatic hydroxyl groups is 1. The molecule has 0 amide bonds. The number of carbonyl (C=O) groups is 4. The van der Waals surface area contributed by atoms with Crippen LogP contribution in [0.1, 0.15) is 445 Å². The summed E-state index contributed by atoms with van der Waals surface area (Å²) >= 11 is 0. The lowest BCUT2D eigenvalue weighted by atomic mass is 10.0. The van der Waals surface area contributed by atoms with Gasteiger partial charge in [-0.25, -0.2) is 9.13 Å². The minimum absolute atomic E-state index is 0.109. The van der Waals surface area contributed by atoms with E-state index in [9.17, 15) is 43.2 Å². The maximum atomic E-state index is 13.1. The molecule has 3 N–H and O–H groups in total. The number of phosphoric ester groups is 2. The third-order valence-corrected chi connectivity index (χ3v) is 21.3. The molecule has 0 rings (SSSR count). The average molecular weight is 1480 g/mol. The maximum Gasteiger partial charge on any atom is 0.472 e. The van der Waals surface area contributed by atoms with Gasteiger partial charge in [0.05, 0.1) is 26.4 Å². The highest BCUT2D eigenvalue weighted by atomic mass is 31.2. The summed E-state index contributed by atoms with van der Waals surface area (Å²) in [4.78, 5) is 73.1. The fraction of sp³-hybridized carbons (Fsp3) is 0.951. The Labute approximate surface area is 619 Å². The molecule has 0 aliphatic rings. The van der Waals surface area contributed by atoms with Crippen molar-refractivity contribution in [2.45, 2.75) is 463 Å². The Bertz CT molecular complexity index is 1910. The quantitative estimate of drug-likeness (QED) is 0.0222. The number of hydrogen-bond donors (Lipinski definition) is 3. The Kier molecular flexibility index (Phi) is 74.8. The van der Waals surface area contributed by atoms with E-state index < -0.39 is 97.5 Å². The number of rotatable bonds is 83.